The highest BCUT2D eigenvalue weighted by molar-refractivity contribution is 5.42. The van der Waals surface area contributed by atoms with Crippen molar-refractivity contribution in [3.05, 3.63) is 35.5 Å². The Kier molecular flexibility index (Phi) is 3.98. The molecular weight excluding hydrogens is 134 g/mol. The number of allylic oxidation sites excluding steroid dienone is 5. The summed E-state index contributed by atoms with van der Waals surface area (Å²) in [5, 5.41) is 8.62. The molecule has 0 bridgehead atoms. The molecule has 0 saturated heterocycles. The van der Waals surface area contributed by atoms with Crippen LogP contribution in [-0.4, -0.2) is 0 Å². The molecule has 0 atom stereocenters. The molecule has 0 aromatic carbocycles. The molecule has 11 heavy (non-hydrogen) atoms. The van der Waals surface area contributed by atoms with E-state index in [2.05, 4.69) is 12.6 Å². The van der Waals surface area contributed by atoms with Crippen molar-refractivity contribution in [2.75, 3.05) is 0 Å². The van der Waals surface area contributed by atoms with Crippen molar-refractivity contribution in [3.8, 4) is 6.07 Å². The summed E-state index contributed by atoms with van der Waals surface area (Å²) in [6, 6.07) is 2.11. The number of hydrogen-bond acceptors (Lipinski definition) is 1. The Labute approximate surface area is 68.3 Å². The molecule has 0 spiro atoms. The molecule has 0 aromatic heterocycles. The third kappa shape index (κ3) is 3.42. The summed E-state index contributed by atoms with van der Waals surface area (Å²) in [7, 11) is 0. The second-order valence-electron chi connectivity index (χ2n) is 2.49. The minimum atomic E-state index is 0.716. The molecule has 0 fully saturated rings. The van der Waals surface area contributed by atoms with Gasteiger partial charge in [-0.1, -0.05) is 24.3 Å². The summed E-state index contributed by atoms with van der Waals surface area (Å²) in [4.78, 5) is 0. The van der Waals surface area contributed by atoms with E-state index >= 15 is 0 Å². The van der Waals surface area contributed by atoms with E-state index in [1.54, 1.807) is 6.08 Å². The summed E-state index contributed by atoms with van der Waals surface area (Å²) in [6.45, 7) is 9.41. The first kappa shape index (κ1) is 9.71. The molecule has 0 aromatic rings. The van der Waals surface area contributed by atoms with Gasteiger partial charge in [0.25, 0.3) is 0 Å². The zero-order chi connectivity index (χ0) is 8.85. The summed E-state index contributed by atoms with van der Waals surface area (Å²) in [5.41, 5.74) is 2.66. The lowest BCUT2D eigenvalue weighted by molar-refractivity contribution is 1.36. The SMILES string of the molecule is C=C(C)/C=C(C)\C(C#N)=C/C. The summed E-state index contributed by atoms with van der Waals surface area (Å²) >= 11 is 0. The van der Waals surface area contributed by atoms with Crippen molar-refractivity contribution in [1.29, 1.82) is 5.26 Å². The average Bonchev–Trinajstić information content (AvgIpc) is 1.88. The van der Waals surface area contributed by atoms with Crippen LogP contribution >= 0.6 is 0 Å². The lowest BCUT2D eigenvalue weighted by Gasteiger charge is -1.96. The largest absolute Gasteiger partial charge is 0.192 e. The number of rotatable bonds is 2. The molecule has 0 heterocycles. The van der Waals surface area contributed by atoms with E-state index in [4.69, 9.17) is 5.26 Å². The first-order valence-electron chi connectivity index (χ1n) is 3.52. The van der Waals surface area contributed by atoms with Gasteiger partial charge in [-0.15, -0.1) is 0 Å². The van der Waals surface area contributed by atoms with Crippen molar-refractivity contribution in [2.45, 2.75) is 20.8 Å². The minimum absolute atomic E-state index is 0.716. The molecule has 58 valence electrons. The zero-order valence-electron chi connectivity index (χ0n) is 7.31. The molecule has 0 aliphatic carbocycles. The molecule has 0 saturated carbocycles. The van der Waals surface area contributed by atoms with E-state index in [0.29, 0.717) is 5.57 Å². The van der Waals surface area contributed by atoms with E-state index in [-0.39, 0.29) is 0 Å². The van der Waals surface area contributed by atoms with Crippen LogP contribution in [-0.2, 0) is 0 Å². The Morgan fingerprint density at radius 3 is 2.27 bits per heavy atom. The molecule has 1 nitrogen and oxygen atoms in total. The normalized spacial score (nSPS) is 12.5. The fraction of sp³-hybridized carbons (Fsp3) is 0.300. The molecule has 0 N–H and O–H groups in total. The van der Waals surface area contributed by atoms with Crippen molar-refractivity contribution in [1.82, 2.24) is 0 Å². The zero-order valence-corrected chi connectivity index (χ0v) is 7.31. The first-order valence-corrected chi connectivity index (χ1v) is 3.52. The predicted molar refractivity (Wildman–Crippen MR) is 47.9 cm³/mol. The van der Waals surface area contributed by atoms with Gasteiger partial charge in [0.05, 0.1) is 11.6 Å². The predicted octanol–water partition coefficient (Wildman–Crippen LogP) is 2.98. The van der Waals surface area contributed by atoms with Crippen molar-refractivity contribution < 1.29 is 0 Å². The van der Waals surface area contributed by atoms with Crippen molar-refractivity contribution >= 4 is 0 Å². The molecule has 0 aliphatic heterocycles. The molecule has 0 rings (SSSR count). The number of nitrogens with zero attached hydrogens (tertiary/aromatic N) is 1. The summed E-state index contributed by atoms with van der Waals surface area (Å²) < 4.78 is 0. The maximum Gasteiger partial charge on any atom is 0.0990 e. The van der Waals surface area contributed by atoms with Gasteiger partial charge < -0.3 is 0 Å². The smallest absolute Gasteiger partial charge is 0.0990 e. The van der Waals surface area contributed by atoms with E-state index in [0.717, 1.165) is 11.1 Å². The molecule has 0 radical (unpaired) electrons. The quantitative estimate of drug-likeness (QED) is 0.435. The minimum Gasteiger partial charge on any atom is -0.192 e. The highest BCUT2D eigenvalue weighted by Crippen LogP contribution is 2.09. The Morgan fingerprint density at radius 1 is 1.45 bits per heavy atom. The highest BCUT2D eigenvalue weighted by Gasteiger charge is 1.94. The molecular formula is C10H13N. The van der Waals surface area contributed by atoms with Crippen LogP contribution in [0.5, 0.6) is 0 Å². The van der Waals surface area contributed by atoms with Crippen molar-refractivity contribution in [2.24, 2.45) is 0 Å². The van der Waals surface area contributed by atoms with E-state index in [9.17, 15) is 0 Å². The molecule has 0 aliphatic rings. The van der Waals surface area contributed by atoms with Gasteiger partial charge in [-0.25, -0.2) is 0 Å². The standard InChI is InChI=1S/C10H13N/c1-5-10(7-11)9(4)6-8(2)3/h5-6H,2H2,1,3-4H3/b9-6-,10-5-. The maximum atomic E-state index is 8.62. The first-order chi connectivity index (χ1) is 5.11. The molecule has 0 unspecified atom stereocenters. The maximum absolute atomic E-state index is 8.62. The van der Waals surface area contributed by atoms with E-state index in [1.807, 2.05) is 26.8 Å². The molecule has 1 heteroatoms. The summed E-state index contributed by atoms with van der Waals surface area (Å²) in [6.07, 6.45) is 3.70. The lowest BCUT2D eigenvalue weighted by atomic mass is 10.1. The summed E-state index contributed by atoms with van der Waals surface area (Å²) in [5.74, 6) is 0. The van der Waals surface area contributed by atoms with Gasteiger partial charge >= 0.3 is 0 Å². The van der Waals surface area contributed by atoms with Crippen LogP contribution in [0.4, 0.5) is 0 Å². The highest BCUT2D eigenvalue weighted by atomic mass is 14.2. The monoisotopic (exact) mass is 147 g/mol. The third-order valence-corrected chi connectivity index (χ3v) is 1.30. The third-order valence-electron chi connectivity index (χ3n) is 1.30. The Bertz CT molecular complexity index is 249. The van der Waals surface area contributed by atoms with Gasteiger partial charge in [0, 0.05) is 0 Å². The van der Waals surface area contributed by atoms with Crippen LogP contribution in [0.2, 0.25) is 0 Å². The van der Waals surface area contributed by atoms with E-state index < -0.39 is 0 Å². The van der Waals surface area contributed by atoms with Gasteiger partial charge in [-0.3, -0.25) is 0 Å². The number of nitriles is 1. The van der Waals surface area contributed by atoms with Crippen LogP contribution in [0.25, 0.3) is 0 Å². The van der Waals surface area contributed by atoms with Gasteiger partial charge in [-0.05, 0) is 26.3 Å². The lowest BCUT2D eigenvalue weighted by Crippen LogP contribution is -1.80. The fourth-order valence-corrected chi connectivity index (χ4v) is 0.828. The second-order valence-corrected chi connectivity index (χ2v) is 2.49. The van der Waals surface area contributed by atoms with Gasteiger partial charge in [0.1, 0.15) is 0 Å². The fourth-order valence-electron chi connectivity index (χ4n) is 0.828. The van der Waals surface area contributed by atoms with Gasteiger partial charge in [0.2, 0.25) is 0 Å². The van der Waals surface area contributed by atoms with Crippen LogP contribution < -0.4 is 0 Å². The van der Waals surface area contributed by atoms with Crippen molar-refractivity contribution in [3.63, 3.8) is 0 Å². The topological polar surface area (TPSA) is 23.8 Å². The van der Waals surface area contributed by atoms with E-state index in [1.165, 1.54) is 0 Å². The van der Waals surface area contributed by atoms with Crippen LogP contribution in [0, 0.1) is 11.3 Å². The Balaban J connectivity index is 4.63. The van der Waals surface area contributed by atoms with Gasteiger partial charge in [-0.2, -0.15) is 5.26 Å². The Hall–Kier alpha value is -1.29. The van der Waals surface area contributed by atoms with Crippen LogP contribution in [0.3, 0.4) is 0 Å². The second kappa shape index (κ2) is 4.51. The number of hydrogen-bond donors (Lipinski definition) is 0. The molecule has 0 amide bonds. The average molecular weight is 147 g/mol. The van der Waals surface area contributed by atoms with Crippen LogP contribution in [0.1, 0.15) is 20.8 Å². The van der Waals surface area contributed by atoms with Crippen LogP contribution in [0.15, 0.2) is 35.5 Å². The van der Waals surface area contributed by atoms with Gasteiger partial charge in [0.15, 0.2) is 0 Å². The Morgan fingerprint density at radius 2 is 2.00 bits per heavy atom.